The second-order valence-electron chi connectivity index (χ2n) is 7.70. The summed E-state index contributed by atoms with van der Waals surface area (Å²) in [5.41, 5.74) is 0.430. The summed E-state index contributed by atoms with van der Waals surface area (Å²) < 4.78 is 16.3. The number of aliphatic hydroxyl groups is 3. The Morgan fingerprint density at radius 2 is 1.82 bits per heavy atom. The van der Waals surface area contributed by atoms with E-state index in [-0.39, 0.29) is 11.5 Å². The Kier molecular flexibility index (Phi) is 7.00. The molecular weight excluding hydrogens is 461 g/mol. The lowest BCUT2D eigenvalue weighted by atomic mass is 10.1. The molecule has 0 aromatic heterocycles. The third kappa shape index (κ3) is 5.45. The van der Waals surface area contributed by atoms with Crippen LogP contribution < -0.4 is 16.1 Å². The van der Waals surface area contributed by atoms with Gasteiger partial charge in [-0.2, -0.15) is 4.98 Å². The van der Waals surface area contributed by atoms with Crippen LogP contribution in [0.4, 0.5) is 5.69 Å². The third-order valence-corrected chi connectivity index (χ3v) is 5.47. The van der Waals surface area contributed by atoms with Crippen LogP contribution in [0.3, 0.4) is 0 Å². The zero-order chi connectivity index (χ0) is 24.7. The highest BCUT2D eigenvalue weighted by Crippen LogP contribution is 2.36. The maximum absolute atomic E-state index is 12.3. The van der Waals surface area contributed by atoms with Crippen molar-refractivity contribution in [2.45, 2.75) is 31.8 Å². The fourth-order valence-corrected chi connectivity index (χ4v) is 3.77. The first kappa shape index (κ1) is 24.9. The number of aromatic nitrogens is 4. The summed E-state index contributed by atoms with van der Waals surface area (Å²) in [5, 5.41) is 30.8. The van der Waals surface area contributed by atoms with E-state index in [1.54, 1.807) is 12.1 Å². The summed E-state index contributed by atoms with van der Waals surface area (Å²) in [6.07, 6.45) is -5.45. The SMILES string of the molecule is Cc1cc2nc3c(=O)[nH]c(=O)nc-3n(CC(O)C(O)C(O)COP(=O)(O)O)c2cc1N(C)C. The first-order valence-electron chi connectivity index (χ1n) is 9.65. The molecule has 6 N–H and O–H groups in total. The lowest BCUT2D eigenvalue weighted by Crippen LogP contribution is -2.42. The minimum absolute atomic E-state index is 0.156. The second-order valence-corrected chi connectivity index (χ2v) is 8.94. The van der Waals surface area contributed by atoms with Gasteiger partial charge in [0, 0.05) is 19.8 Å². The van der Waals surface area contributed by atoms with Crippen molar-refractivity contribution in [1.82, 2.24) is 19.5 Å². The molecule has 1 aromatic rings. The number of phosphoric ester groups is 1. The summed E-state index contributed by atoms with van der Waals surface area (Å²) >= 11 is 0. The van der Waals surface area contributed by atoms with Gasteiger partial charge in [0.1, 0.15) is 18.3 Å². The Hall–Kier alpha value is -2.71. The maximum atomic E-state index is 12.3. The van der Waals surface area contributed by atoms with E-state index in [1.165, 1.54) is 4.57 Å². The third-order valence-electron chi connectivity index (χ3n) is 4.98. The van der Waals surface area contributed by atoms with Crippen LogP contribution in [-0.2, 0) is 15.6 Å². The van der Waals surface area contributed by atoms with Gasteiger partial charge in [-0.05, 0) is 24.6 Å². The number of H-pyrrole nitrogens is 1. The number of rotatable bonds is 8. The van der Waals surface area contributed by atoms with Crippen LogP contribution in [0.5, 0.6) is 0 Å². The Labute approximate surface area is 186 Å². The highest BCUT2D eigenvalue weighted by molar-refractivity contribution is 7.46. The molecule has 3 unspecified atom stereocenters. The van der Waals surface area contributed by atoms with Crippen LogP contribution in [0.1, 0.15) is 5.56 Å². The van der Waals surface area contributed by atoms with Gasteiger partial charge in [-0.3, -0.25) is 14.3 Å². The van der Waals surface area contributed by atoms with E-state index >= 15 is 0 Å². The van der Waals surface area contributed by atoms with E-state index in [2.05, 4.69) is 14.5 Å². The zero-order valence-electron chi connectivity index (χ0n) is 17.9. The molecule has 0 saturated carbocycles. The van der Waals surface area contributed by atoms with Gasteiger partial charge in [-0.25, -0.2) is 14.3 Å². The minimum Gasteiger partial charge on any atom is -0.388 e. The van der Waals surface area contributed by atoms with E-state index in [0.29, 0.717) is 11.0 Å². The molecule has 15 heteroatoms. The monoisotopic (exact) mass is 485 g/mol. The number of hydrogen-bond acceptors (Lipinski definition) is 10. The van der Waals surface area contributed by atoms with E-state index in [1.807, 2.05) is 30.9 Å². The summed E-state index contributed by atoms with van der Waals surface area (Å²) in [6, 6.07) is 3.41. The molecule has 0 radical (unpaired) electrons. The lowest BCUT2D eigenvalue weighted by Gasteiger charge is -2.26. The Bertz CT molecular complexity index is 1300. The minimum atomic E-state index is -4.91. The van der Waals surface area contributed by atoms with Crippen molar-refractivity contribution in [2.75, 3.05) is 25.6 Å². The van der Waals surface area contributed by atoms with Crippen molar-refractivity contribution in [3.05, 3.63) is 38.5 Å². The number of fused-ring (bicyclic) bond motifs is 2. The topological polar surface area (TPSA) is 211 Å². The average molecular weight is 485 g/mol. The van der Waals surface area contributed by atoms with Crippen LogP contribution in [0, 0.1) is 6.92 Å². The van der Waals surface area contributed by atoms with Gasteiger partial charge in [-0.15, -0.1) is 0 Å². The summed E-state index contributed by atoms with van der Waals surface area (Å²) in [4.78, 5) is 53.7. The van der Waals surface area contributed by atoms with Crippen LogP contribution in [0.15, 0.2) is 21.7 Å². The molecule has 2 aliphatic rings. The molecule has 2 heterocycles. The van der Waals surface area contributed by atoms with Crippen molar-refractivity contribution < 1.29 is 34.2 Å². The number of aryl methyl sites for hydroxylation is 1. The number of hydrogen-bond donors (Lipinski definition) is 6. The summed E-state index contributed by atoms with van der Waals surface area (Å²) in [6.45, 7) is 0.442. The Balaban J connectivity index is 2.12. The van der Waals surface area contributed by atoms with Gasteiger partial charge in [0.05, 0.1) is 24.2 Å². The van der Waals surface area contributed by atoms with Crippen molar-refractivity contribution >= 4 is 24.5 Å². The average Bonchev–Trinajstić information content (AvgIpc) is 2.70. The summed E-state index contributed by atoms with van der Waals surface area (Å²) in [7, 11) is -1.29. The number of nitrogens with zero attached hydrogens (tertiary/aromatic N) is 4. The number of phosphoric acid groups is 1. The first-order chi connectivity index (χ1) is 15.3. The van der Waals surface area contributed by atoms with Crippen molar-refractivity contribution in [1.29, 1.82) is 0 Å². The quantitative estimate of drug-likeness (QED) is 0.153. The van der Waals surface area contributed by atoms with Crippen molar-refractivity contribution in [2.24, 2.45) is 0 Å². The highest BCUT2D eigenvalue weighted by atomic mass is 31.2. The molecule has 1 aromatic carbocycles. The van der Waals surface area contributed by atoms with E-state index in [9.17, 15) is 29.5 Å². The zero-order valence-corrected chi connectivity index (χ0v) is 18.8. The smallest absolute Gasteiger partial charge is 0.388 e. The van der Waals surface area contributed by atoms with Crippen LogP contribution in [-0.4, -0.2) is 83.6 Å². The van der Waals surface area contributed by atoms with Crippen molar-refractivity contribution in [3.63, 3.8) is 0 Å². The van der Waals surface area contributed by atoms with Gasteiger partial charge in [0.2, 0.25) is 0 Å². The number of nitrogens with one attached hydrogen (secondary N) is 1. The summed E-state index contributed by atoms with van der Waals surface area (Å²) in [5.74, 6) is -0.156. The molecule has 0 bridgehead atoms. The predicted molar refractivity (Wildman–Crippen MR) is 116 cm³/mol. The molecule has 33 heavy (non-hydrogen) atoms. The molecule has 14 nitrogen and oxygen atoms in total. The Morgan fingerprint density at radius 3 is 2.42 bits per heavy atom. The largest absolute Gasteiger partial charge is 0.469 e. The first-order valence-corrected chi connectivity index (χ1v) is 11.2. The molecule has 0 fully saturated rings. The molecule has 0 amide bonds. The molecule has 2 aliphatic heterocycles. The molecule has 180 valence electrons. The number of benzene rings is 1. The molecule has 0 spiro atoms. The number of anilines is 1. The van der Waals surface area contributed by atoms with Gasteiger partial charge in [-0.1, -0.05) is 0 Å². The van der Waals surface area contributed by atoms with Crippen LogP contribution in [0.2, 0.25) is 0 Å². The second kappa shape index (κ2) is 9.27. The van der Waals surface area contributed by atoms with Crippen LogP contribution >= 0.6 is 7.82 Å². The van der Waals surface area contributed by atoms with E-state index < -0.39 is 50.5 Å². The molecule has 3 atom stereocenters. The molecule has 0 aliphatic carbocycles. The Morgan fingerprint density at radius 1 is 1.15 bits per heavy atom. The highest BCUT2D eigenvalue weighted by Gasteiger charge is 2.30. The van der Waals surface area contributed by atoms with E-state index in [4.69, 9.17) is 9.79 Å². The molecule has 0 saturated heterocycles. The van der Waals surface area contributed by atoms with E-state index in [0.717, 1.165) is 11.3 Å². The maximum Gasteiger partial charge on any atom is 0.469 e. The normalized spacial score (nSPS) is 15.0. The van der Waals surface area contributed by atoms with Gasteiger partial charge in [0.25, 0.3) is 5.56 Å². The number of aromatic amines is 1. The fourth-order valence-electron chi connectivity index (χ4n) is 3.42. The predicted octanol–water partition coefficient (Wildman–Crippen LogP) is -1.85. The van der Waals surface area contributed by atoms with Crippen molar-refractivity contribution in [3.8, 4) is 11.5 Å². The van der Waals surface area contributed by atoms with Gasteiger partial charge in [0.15, 0.2) is 11.5 Å². The van der Waals surface area contributed by atoms with Gasteiger partial charge >= 0.3 is 13.5 Å². The fraction of sp³-hybridized carbons (Fsp3) is 0.444. The van der Waals surface area contributed by atoms with Crippen LogP contribution in [0.25, 0.3) is 22.6 Å². The number of aliphatic hydroxyl groups excluding tert-OH is 3. The standard InChI is InChI=1S/C18H24N5O9P/c1-8-4-9-11(5-10(8)22(2)3)23(16-14(19-9)17(27)21-18(28)20-16)6-12(24)15(26)13(25)7-32-33(29,30)31/h4-5,12-13,15,24-26H,6-7H2,1-3H3,(H,21,27,28)(H2,29,30,31). The lowest BCUT2D eigenvalue weighted by molar-refractivity contribution is -0.0793. The van der Waals surface area contributed by atoms with Gasteiger partial charge < -0.3 is 34.6 Å². The molecule has 3 rings (SSSR count). The molecular formula is C18H24N5O9P.